The second-order valence-corrected chi connectivity index (χ2v) is 4.63. The Labute approximate surface area is 103 Å². The van der Waals surface area contributed by atoms with Crippen molar-refractivity contribution in [2.75, 3.05) is 0 Å². The van der Waals surface area contributed by atoms with E-state index in [0.717, 1.165) is 8.95 Å². The van der Waals surface area contributed by atoms with E-state index in [1.807, 2.05) is 6.07 Å². The Hall–Kier alpha value is -0.940. The molecule has 0 aromatic heterocycles. The van der Waals surface area contributed by atoms with Crippen molar-refractivity contribution in [3.8, 4) is 0 Å². The van der Waals surface area contributed by atoms with E-state index >= 15 is 0 Å². The van der Waals surface area contributed by atoms with E-state index in [1.165, 1.54) is 6.08 Å². The number of amides is 2. The van der Waals surface area contributed by atoms with Crippen molar-refractivity contribution in [1.29, 1.82) is 0 Å². The van der Waals surface area contributed by atoms with Crippen molar-refractivity contribution in [3.63, 3.8) is 0 Å². The van der Waals surface area contributed by atoms with Crippen molar-refractivity contribution in [2.24, 2.45) is 0 Å². The molecule has 1 aromatic rings. The molecule has 15 heavy (non-hydrogen) atoms. The lowest BCUT2D eigenvalue weighted by molar-refractivity contribution is -0.123. The molecule has 0 atom stereocenters. The summed E-state index contributed by atoms with van der Waals surface area (Å²) in [5, 5.41) is 2.21. The predicted octanol–water partition coefficient (Wildman–Crippen LogP) is 2.25. The van der Waals surface area contributed by atoms with Crippen LogP contribution in [-0.4, -0.2) is 11.8 Å². The lowest BCUT2D eigenvalue weighted by atomic mass is 10.1. The maximum atomic E-state index is 11.4. The molecule has 2 amide bonds. The molecule has 76 valence electrons. The minimum Gasteiger partial charge on any atom is -0.289 e. The van der Waals surface area contributed by atoms with Crippen molar-refractivity contribution in [3.05, 3.63) is 38.8 Å². The fourth-order valence-electron chi connectivity index (χ4n) is 1.32. The fraction of sp³-hybridized carbons (Fsp3) is 0. The molecule has 3 nitrogen and oxygen atoms in total. The molecule has 0 unspecified atom stereocenters. The molecular weight excluding hydrogens is 326 g/mol. The third-order valence-electron chi connectivity index (χ3n) is 2.00. The van der Waals surface area contributed by atoms with Crippen LogP contribution in [0.1, 0.15) is 5.56 Å². The molecule has 5 heteroatoms. The second kappa shape index (κ2) is 3.90. The van der Waals surface area contributed by atoms with E-state index in [-0.39, 0.29) is 11.8 Å². The maximum Gasteiger partial charge on any atom is 0.258 e. The van der Waals surface area contributed by atoms with Gasteiger partial charge in [0.15, 0.2) is 0 Å². The van der Waals surface area contributed by atoms with Crippen molar-refractivity contribution in [2.45, 2.75) is 0 Å². The summed E-state index contributed by atoms with van der Waals surface area (Å²) in [4.78, 5) is 22.4. The molecule has 0 fully saturated rings. The number of imide groups is 1. The average molecular weight is 331 g/mol. The molecule has 0 radical (unpaired) electrons. The van der Waals surface area contributed by atoms with Gasteiger partial charge in [-0.25, -0.2) is 0 Å². The van der Waals surface area contributed by atoms with E-state index in [2.05, 4.69) is 37.2 Å². The van der Waals surface area contributed by atoms with Crippen LogP contribution in [0.4, 0.5) is 0 Å². The van der Waals surface area contributed by atoms with Gasteiger partial charge in [0.2, 0.25) is 0 Å². The van der Waals surface area contributed by atoms with Crippen molar-refractivity contribution in [1.82, 2.24) is 5.32 Å². The Balaban J connectivity index is 2.56. The van der Waals surface area contributed by atoms with Crippen molar-refractivity contribution >= 4 is 49.2 Å². The van der Waals surface area contributed by atoms with Crippen LogP contribution in [0.3, 0.4) is 0 Å². The molecule has 1 N–H and O–H groups in total. The number of nitrogens with one attached hydrogen (secondary N) is 1. The maximum absolute atomic E-state index is 11.4. The summed E-state index contributed by atoms with van der Waals surface area (Å²) in [5.41, 5.74) is 1.08. The van der Waals surface area contributed by atoms with E-state index in [0.29, 0.717) is 11.1 Å². The van der Waals surface area contributed by atoms with Gasteiger partial charge in [0.1, 0.15) is 0 Å². The summed E-state index contributed by atoms with van der Waals surface area (Å²) in [6, 6.07) is 5.43. The first kappa shape index (κ1) is 10.6. The van der Waals surface area contributed by atoms with Gasteiger partial charge < -0.3 is 0 Å². The monoisotopic (exact) mass is 329 g/mol. The molecule has 1 heterocycles. The first-order valence-electron chi connectivity index (χ1n) is 4.11. The first-order valence-corrected chi connectivity index (χ1v) is 5.69. The minimum atomic E-state index is -0.373. The number of carbonyl (C=O) groups excluding carboxylic acids is 2. The highest BCUT2D eigenvalue weighted by atomic mass is 79.9. The topological polar surface area (TPSA) is 46.2 Å². The summed E-state index contributed by atoms with van der Waals surface area (Å²) in [6.45, 7) is 0. The standard InChI is InChI=1S/C10H5Br2NO2/c11-7-3-1-2-5(9(7)12)6-4-8(14)13-10(6)15/h1-4H,(H,13,14,15). The molecule has 0 aliphatic carbocycles. The van der Waals surface area contributed by atoms with E-state index in [4.69, 9.17) is 0 Å². The number of halogens is 2. The summed E-state index contributed by atoms with van der Waals surface area (Å²) in [7, 11) is 0. The van der Waals surface area contributed by atoms with Gasteiger partial charge in [-0.3, -0.25) is 14.9 Å². The van der Waals surface area contributed by atoms with Crippen LogP contribution < -0.4 is 5.32 Å². The SMILES string of the molecule is O=C1C=C(c2cccc(Br)c2Br)C(=O)N1. The van der Waals surface area contributed by atoms with Gasteiger partial charge >= 0.3 is 0 Å². The van der Waals surface area contributed by atoms with Crippen LogP contribution >= 0.6 is 31.9 Å². The van der Waals surface area contributed by atoms with Gasteiger partial charge in [-0.05, 0) is 37.9 Å². The number of benzene rings is 1. The number of carbonyl (C=O) groups is 2. The van der Waals surface area contributed by atoms with Gasteiger partial charge in [-0.15, -0.1) is 0 Å². The summed E-state index contributed by atoms with van der Waals surface area (Å²) >= 11 is 6.70. The zero-order valence-corrected chi connectivity index (χ0v) is 10.6. The van der Waals surface area contributed by atoms with Crippen LogP contribution in [0.5, 0.6) is 0 Å². The molecule has 0 saturated heterocycles. The number of rotatable bonds is 1. The van der Waals surface area contributed by atoms with Gasteiger partial charge in [0.05, 0.1) is 5.57 Å². The lowest BCUT2D eigenvalue weighted by Crippen LogP contribution is -2.21. The highest BCUT2D eigenvalue weighted by molar-refractivity contribution is 9.13. The Morgan fingerprint density at radius 2 is 1.87 bits per heavy atom. The summed E-state index contributed by atoms with van der Waals surface area (Å²) < 4.78 is 1.61. The first-order chi connectivity index (χ1) is 7.09. The number of hydrogen-bond donors (Lipinski definition) is 1. The highest BCUT2D eigenvalue weighted by Crippen LogP contribution is 2.32. The second-order valence-electron chi connectivity index (χ2n) is 2.98. The highest BCUT2D eigenvalue weighted by Gasteiger charge is 2.23. The lowest BCUT2D eigenvalue weighted by Gasteiger charge is -2.04. The normalized spacial score (nSPS) is 15.2. The van der Waals surface area contributed by atoms with Crippen LogP contribution in [0.2, 0.25) is 0 Å². The quantitative estimate of drug-likeness (QED) is 0.803. The van der Waals surface area contributed by atoms with E-state index in [9.17, 15) is 9.59 Å². The van der Waals surface area contributed by atoms with Gasteiger partial charge in [0.25, 0.3) is 11.8 Å². The molecule has 1 aliphatic heterocycles. The molecule has 1 aliphatic rings. The smallest absolute Gasteiger partial charge is 0.258 e. The van der Waals surface area contributed by atoms with Crippen LogP contribution in [0.25, 0.3) is 5.57 Å². The zero-order valence-electron chi connectivity index (χ0n) is 7.38. The van der Waals surface area contributed by atoms with Gasteiger partial charge in [0, 0.05) is 20.6 Å². The molecule has 0 spiro atoms. The molecule has 0 saturated carbocycles. The average Bonchev–Trinajstić information content (AvgIpc) is 2.50. The zero-order chi connectivity index (χ0) is 11.0. The molecule has 2 rings (SSSR count). The molecular formula is C10H5Br2NO2. The predicted molar refractivity (Wildman–Crippen MR) is 63.0 cm³/mol. The largest absolute Gasteiger partial charge is 0.289 e. The third kappa shape index (κ3) is 1.89. The van der Waals surface area contributed by atoms with Crippen molar-refractivity contribution < 1.29 is 9.59 Å². The summed E-state index contributed by atoms with van der Waals surface area (Å²) in [6.07, 6.45) is 1.30. The number of hydrogen-bond acceptors (Lipinski definition) is 2. The Morgan fingerprint density at radius 1 is 1.13 bits per heavy atom. The fourth-order valence-corrected chi connectivity index (χ4v) is 2.17. The van der Waals surface area contributed by atoms with E-state index < -0.39 is 0 Å². The van der Waals surface area contributed by atoms with Gasteiger partial charge in [-0.1, -0.05) is 12.1 Å². The molecule has 0 bridgehead atoms. The Bertz CT molecular complexity index is 494. The molecule has 1 aromatic carbocycles. The van der Waals surface area contributed by atoms with E-state index in [1.54, 1.807) is 12.1 Å². The minimum absolute atomic E-state index is 0.362. The Morgan fingerprint density at radius 3 is 2.47 bits per heavy atom. The van der Waals surface area contributed by atoms with Crippen LogP contribution in [0, 0.1) is 0 Å². The summed E-state index contributed by atoms with van der Waals surface area (Å²) in [5.74, 6) is -0.735. The van der Waals surface area contributed by atoms with Crippen LogP contribution in [-0.2, 0) is 9.59 Å². The Kier molecular flexibility index (Phi) is 2.75. The van der Waals surface area contributed by atoms with Gasteiger partial charge in [-0.2, -0.15) is 0 Å². The third-order valence-corrected chi connectivity index (χ3v) is 4.05. The van der Waals surface area contributed by atoms with Crippen LogP contribution in [0.15, 0.2) is 33.2 Å².